The zero-order valence-corrected chi connectivity index (χ0v) is 15.0. The van der Waals surface area contributed by atoms with E-state index in [1.165, 1.54) is 0 Å². The topological polar surface area (TPSA) is 67.9 Å². The summed E-state index contributed by atoms with van der Waals surface area (Å²) in [5.74, 6) is 2.59. The molecule has 26 heavy (non-hydrogen) atoms. The van der Waals surface area contributed by atoms with E-state index in [2.05, 4.69) is 31.9 Å². The van der Waals surface area contributed by atoms with E-state index in [-0.39, 0.29) is 5.92 Å². The van der Waals surface area contributed by atoms with Gasteiger partial charge >= 0.3 is 0 Å². The zero-order valence-electron chi connectivity index (χ0n) is 15.0. The van der Waals surface area contributed by atoms with Crippen molar-refractivity contribution in [2.75, 3.05) is 13.1 Å². The highest BCUT2D eigenvalue weighted by molar-refractivity contribution is 5.53. The lowest BCUT2D eigenvalue weighted by Crippen LogP contribution is -2.34. The lowest BCUT2D eigenvalue weighted by Gasteiger charge is -2.30. The first-order chi connectivity index (χ1) is 12.8. The van der Waals surface area contributed by atoms with Gasteiger partial charge in [0.05, 0.1) is 11.6 Å². The summed E-state index contributed by atoms with van der Waals surface area (Å²) < 4.78 is 5.58. The quantitative estimate of drug-likeness (QED) is 0.702. The van der Waals surface area contributed by atoms with Gasteiger partial charge in [-0.3, -0.25) is 4.90 Å². The average molecular weight is 349 g/mol. The van der Waals surface area contributed by atoms with Crippen LogP contribution in [0.2, 0.25) is 0 Å². The number of benzene rings is 1. The van der Waals surface area contributed by atoms with Gasteiger partial charge in [-0.25, -0.2) is 9.97 Å². The van der Waals surface area contributed by atoms with E-state index in [0.29, 0.717) is 5.82 Å². The normalized spacial score (nSPS) is 18.1. The number of hydrogen-bond acceptors (Lipinski definition) is 6. The summed E-state index contributed by atoms with van der Waals surface area (Å²) in [6, 6.07) is 12.0. The molecule has 1 aliphatic rings. The molecule has 0 saturated carbocycles. The average Bonchev–Trinajstić information content (AvgIpc) is 3.19. The highest BCUT2D eigenvalue weighted by atomic mass is 16.5. The molecule has 0 spiro atoms. The van der Waals surface area contributed by atoms with Crippen LogP contribution in [-0.2, 0) is 13.0 Å². The first kappa shape index (κ1) is 16.8. The molecule has 2 aromatic heterocycles. The second kappa shape index (κ2) is 7.74. The molecule has 0 radical (unpaired) electrons. The lowest BCUT2D eigenvalue weighted by molar-refractivity contribution is 0.178. The van der Waals surface area contributed by atoms with Crippen molar-refractivity contribution in [1.29, 1.82) is 0 Å². The first-order valence-electron chi connectivity index (χ1n) is 9.24. The molecule has 4 rings (SSSR count). The van der Waals surface area contributed by atoms with Crippen LogP contribution in [-0.4, -0.2) is 38.1 Å². The van der Waals surface area contributed by atoms with Crippen molar-refractivity contribution in [2.45, 2.75) is 38.6 Å². The van der Waals surface area contributed by atoms with Crippen LogP contribution in [0.25, 0.3) is 11.4 Å². The Labute approximate surface area is 153 Å². The van der Waals surface area contributed by atoms with Crippen LogP contribution >= 0.6 is 0 Å². The molecular weight excluding hydrogens is 326 g/mol. The van der Waals surface area contributed by atoms with E-state index < -0.39 is 0 Å². The van der Waals surface area contributed by atoms with Crippen molar-refractivity contribution in [3.8, 4) is 11.4 Å². The van der Waals surface area contributed by atoms with Crippen molar-refractivity contribution in [2.24, 2.45) is 0 Å². The molecule has 0 N–H and O–H groups in total. The second-order valence-electron chi connectivity index (χ2n) is 6.71. The maximum absolute atomic E-state index is 5.58. The van der Waals surface area contributed by atoms with Crippen LogP contribution in [0.1, 0.15) is 43.1 Å². The van der Waals surface area contributed by atoms with E-state index in [1.807, 2.05) is 42.6 Å². The van der Waals surface area contributed by atoms with Crippen molar-refractivity contribution in [3.63, 3.8) is 0 Å². The van der Waals surface area contributed by atoms with Gasteiger partial charge in [0.1, 0.15) is 5.82 Å². The molecule has 1 fully saturated rings. The minimum absolute atomic E-state index is 0.279. The molecule has 1 atom stereocenters. The minimum Gasteiger partial charge on any atom is -0.339 e. The summed E-state index contributed by atoms with van der Waals surface area (Å²) in [7, 11) is 0. The zero-order chi connectivity index (χ0) is 17.8. The van der Waals surface area contributed by atoms with Crippen LogP contribution in [0.4, 0.5) is 0 Å². The molecule has 6 nitrogen and oxygen atoms in total. The Bertz CT molecular complexity index is 848. The molecule has 134 valence electrons. The minimum atomic E-state index is 0.279. The van der Waals surface area contributed by atoms with Gasteiger partial charge in [-0.05, 0) is 25.5 Å². The molecule has 1 saturated heterocycles. The smallest absolute Gasteiger partial charge is 0.231 e. The van der Waals surface area contributed by atoms with Crippen LogP contribution in [0.15, 0.2) is 47.1 Å². The number of rotatable bonds is 5. The summed E-state index contributed by atoms with van der Waals surface area (Å²) in [6.45, 7) is 4.91. The van der Waals surface area contributed by atoms with Gasteiger partial charge in [0.15, 0.2) is 0 Å². The molecule has 0 amide bonds. The fourth-order valence-corrected chi connectivity index (χ4v) is 3.43. The van der Waals surface area contributed by atoms with Gasteiger partial charge in [0, 0.05) is 31.3 Å². The maximum Gasteiger partial charge on any atom is 0.231 e. The van der Waals surface area contributed by atoms with Gasteiger partial charge < -0.3 is 4.52 Å². The number of hydrogen-bond donors (Lipinski definition) is 0. The summed E-state index contributed by atoms with van der Waals surface area (Å²) in [6.07, 6.45) is 4.92. The van der Waals surface area contributed by atoms with E-state index in [0.717, 1.165) is 61.9 Å². The Hall–Kier alpha value is -2.60. The van der Waals surface area contributed by atoms with E-state index >= 15 is 0 Å². The van der Waals surface area contributed by atoms with Gasteiger partial charge in [-0.15, -0.1) is 0 Å². The van der Waals surface area contributed by atoms with Crippen molar-refractivity contribution < 1.29 is 4.52 Å². The third kappa shape index (κ3) is 3.80. The molecule has 1 aliphatic heterocycles. The lowest BCUT2D eigenvalue weighted by atomic mass is 9.98. The Morgan fingerprint density at radius 1 is 1.15 bits per heavy atom. The Morgan fingerprint density at radius 3 is 2.88 bits per heavy atom. The monoisotopic (exact) mass is 349 g/mol. The molecule has 1 aromatic carbocycles. The molecule has 1 unspecified atom stereocenters. The van der Waals surface area contributed by atoms with Crippen LogP contribution in [0.5, 0.6) is 0 Å². The molecular formula is C20H23N5O. The van der Waals surface area contributed by atoms with Crippen molar-refractivity contribution >= 4 is 0 Å². The number of aryl methyl sites for hydroxylation is 1. The largest absolute Gasteiger partial charge is 0.339 e. The summed E-state index contributed by atoms with van der Waals surface area (Å²) in [4.78, 5) is 16.0. The number of likely N-dealkylation sites (tertiary alicyclic amines) is 1. The summed E-state index contributed by atoms with van der Waals surface area (Å²) in [5.41, 5.74) is 2.07. The molecule has 6 heteroatoms. The SMILES string of the molecule is CCc1nccc(CN2CCCC(c3nc(-c4ccccc4)no3)C2)n1. The fraction of sp³-hybridized carbons (Fsp3) is 0.400. The molecule has 3 heterocycles. The molecule has 0 bridgehead atoms. The van der Waals surface area contributed by atoms with Crippen molar-refractivity contribution in [1.82, 2.24) is 25.0 Å². The van der Waals surface area contributed by atoms with Gasteiger partial charge in [-0.1, -0.05) is 42.4 Å². The van der Waals surface area contributed by atoms with Gasteiger partial charge in [-0.2, -0.15) is 4.98 Å². The first-order valence-corrected chi connectivity index (χ1v) is 9.24. The molecule has 0 aliphatic carbocycles. The number of nitrogens with zero attached hydrogens (tertiary/aromatic N) is 5. The number of piperidine rings is 1. The van der Waals surface area contributed by atoms with E-state index in [9.17, 15) is 0 Å². The second-order valence-corrected chi connectivity index (χ2v) is 6.71. The number of aromatic nitrogens is 4. The maximum atomic E-state index is 5.58. The molecule has 3 aromatic rings. The Kier molecular flexibility index (Phi) is 5.02. The van der Waals surface area contributed by atoms with Crippen LogP contribution < -0.4 is 0 Å². The van der Waals surface area contributed by atoms with Crippen LogP contribution in [0, 0.1) is 0 Å². The summed E-state index contributed by atoms with van der Waals surface area (Å²) in [5, 5.41) is 4.17. The van der Waals surface area contributed by atoms with Crippen molar-refractivity contribution in [3.05, 3.63) is 60.0 Å². The highest BCUT2D eigenvalue weighted by Gasteiger charge is 2.26. The Morgan fingerprint density at radius 2 is 2.04 bits per heavy atom. The van der Waals surface area contributed by atoms with E-state index in [4.69, 9.17) is 4.52 Å². The Balaban J connectivity index is 1.44. The van der Waals surface area contributed by atoms with Gasteiger partial charge in [0.25, 0.3) is 0 Å². The predicted molar refractivity (Wildman–Crippen MR) is 98.4 cm³/mol. The third-order valence-electron chi connectivity index (χ3n) is 4.79. The standard InChI is InChI=1S/C20H23N5O/c1-2-18-21-11-10-17(22-18)14-25-12-6-9-16(13-25)20-23-19(24-26-20)15-7-4-3-5-8-15/h3-5,7-8,10-11,16H,2,6,9,12-14H2,1H3. The van der Waals surface area contributed by atoms with E-state index in [1.54, 1.807) is 0 Å². The third-order valence-corrected chi connectivity index (χ3v) is 4.79. The summed E-state index contributed by atoms with van der Waals surface area (Å²) >= 11 is 0. The fourth-order valence-electron chi connectivity index (χ4n) is 3.43. The predicted octanol–water partition coefficient (Wildman–Crippen LogP) is 3.47. The van der Waals surface area contributed by atoms with Crippen LogP contribution in [0.3, 0.4) is 0 Å². The van der Waals surface area contributed by atoms with Gasteiger partial charge in [0.2, 0.25) is 11.7 Å². The highest BCUT2D eigenvalue weighted by Crippen LogP contribution is 2.28.